The second kappa shape index (κ2) is 5.51. The van der Waals surface area contributed by atoms with Crippen molar-refractivity contribution < 1.29 is 0 Å². The van der Waals surface area contributed by atoms with Crippen molar-refractivity contribution >= 4 is 29.2 Å². The second-order valence-electron chi connectivity index (χ2n) is 5.78. The summed E-state index contributed by atoms with van der Waals surface area (Å²) in [5, 5.41) is 3.44. The largest absolute Gasteiger partial charge is 0.352 e. The van der Waals surface area contributed by atoms with Gasteiger partial charge in [0, 0.05) is 24.2 Å². The van der Waals surface area contributed by atoms with Crippen LogP contribution in [0.3, 0.4) is 0 Å². The highest BCUT2D eigenvalue weighted by Gasteiger charge is 2.22. The third-order valence-corrected chi connectivity index (χ3v) is 2.49. The van der Waals surface area contributed by atoms with Crippen LogP contribution in [-0.2, 0) is 0 Å². The maximum atomic E-state index is 5.13. The normalized spacial score (nSPS) is 12.7. The van der Waals surface area contributed by atoms with E-state index in [4.69, 9.17) is 12.2 Å². The average Bonchev–Trinajstić information content (AvgIpc) is 1.92. The summed E-state index contributed by atoms with van der Waals surface area (Å²) in [6.45, 7) is 14.7. The van der Waals surface area contributed by atoms with Crippen LogP contribution >= 0.6 is 24.8 Å². The SMILES string of the molecule is CC(C)(C)NCCN(C(=S)S)C(C)(C)C. The Bertz CT molecular complexity index is 214. The Morgan fingerprint density at radius 2 is 1.67 bits per heavy atom. The van der Waals surface area contributed by atoms with E-state index in [-0.39, 0.29) is 11.1 Å². The number of thiocarbonyl (C=S) groups is 1. The van der Waals surface area contributed by atoms with Crippen molar-refractivity contribution in [2.45, 2.75) is 52.6 Å². The number of hydrogen-bond donors (Lipinski definition) is 2. The predicted octanol–water partition coefficient (Wildman–Crippen LogP) is 2.69. The van der Waals surface area contributed by atoms with Crippen LogP contribution in [0.1, 0.15) is 41.5 Å². The predicted molar refractivity (Wildman–Crippen MR) is 75.8 cm³/mol. The molecule has 0 aromatic carbocycles. The number of thiol groups is 1. The van der Waals surface area contributed by atoms with Crippen LogP contribution in [0.5, 0.6) is 0 Å². The van der Waals surface area contributed by atoms with Crippen molar-refractivity contribution in [3.63, 3.8) is 0 Å². The summed E-state index contributed by atoms with van der Waals surface area (Å²) in [4.78, 5) is 2.13. The minimum absolute atomic E-state index is 0.0401. The topological polar surface area (TPSA) is 15.3 Å². The van der Waals surface area contributed by atoms with Gasteiger partial charge in [0.1, 0.15) is 4.32 Å². The molecule has 0 bridgehead atoms. The average molecular weight is 248 g/mol. The zero-order valence-electron chi connectivity index (χ0n) is 10.7. The quantitative estimate of drug-likeness (QED) is 0.590. The van der Waals surface area contributed by atoms with Gasteiger partial charge in [-0.3, -0.25) is 0 Å². The maximum absolute atomic E-state index is 5.13. The highest BCUT2D eigenvalue weighted by Crippen LogP contribution is 2.15. The van der Waals surface area contributed by atoms with Crippen molar-refractivity contribution in [3.8, 4) is 0 Å². The summed E-state index contributed by atoms with van der Waals surface area (Å²) in [5.41, 5.74) is 0.195. The highest BCUT2D eigenvalue weighted by atomic mass is 32.1. The lowest BCUT2D eigenvalue weighted by Crippen LogP contribution is -2.48. The molecule has 0 aliphatic heterocycles. The summed E-state index contributed by atoms with van der Waals surface area (Å²) in [6, 6.07) is 0. The Hall–Kier alpha value is 0.200. The summed E-state index contributed by atoms with van der Waals surface area (Å²) < 4.78 is 0.665. The summed E-state index contributed by atoms with van der Waals surface area (Å²) in [7, 11) is 0. The Labute approximate surface area is 105 Å². The molecule has 0 saturated heterocycles. The Balaban J connectivity index is 4.17. The van der Waals surface area contributed by atoms with Gasteiger partial charge in [0.05, 0.1) is 0 Å². The third kappa shape index (κ3) is 7.14. The van der Waals surface area contributed by atoms with Crippen LogP contribution < -0.4 is 5.32 Å². The fourth-order valence-corrected chi connectivity index (χ4v) is 2.03. The molecule has 15 heavy (non-hydrogen) atoms. The lowest BCUT2D eigenvalue weighted by molar-refractivity contribution is 0.238. The monoisotopic (exact) mass is 248 g/mol. The molecular weight excluding hydrogens is 224 g/mol. The van der Waals surface area contributed by atoms with Gasteiger partial charge in [0.15, 0.2) is 0 Å². The van der Waals surface area contributed by atoms with Crippen molar-refractivity contribution in [1.29, 1.82) is 0 Å². The zero-order chi connectivity index (χ0) is 12.3. The third-order valence-electron chi connectivity index (χ3n) is 2.03. The lowest BCUT2D eigenvalue weighted by Gasteiger charge is -2.37. The second-order valence-corrected chi connectivity index (χ2v) is 6.89. The van der Waals surface area contributed by atoms with Gasteiger partial charge in [-0.05, 0) is 41.5 Å². The molecule has 0 amide bonds. The van der Waals surface area contributed by atoms with Gasteiger partial charge in [-0.1, -0.05) is 12.2 Å². The Kier molecular flexibility index (Phi) is 5.58. The molecule has 0 heterocycles. The van der Waals surface area contributed by atoms with Gasteiger partial charge in [0.2, 0.25) is 0 Å². The fourth-order valence-electron chi connectivity index (χ4n) is 1.26. The molecule has 90 valence electrons. The molecule has 0 spiro atoms. The van der Waals surface area contributed by atoms with E-state index in [0.717, 1.165) is 13.1 Å². The molecule has 4 heteroatoms. The fraction of sp³-hybridized carbons (Fsp3) is 0.909. The molecule has 0 rings (SSSR count). The van der Waals surface area contributed by atoms with Gasteiger partial charge < -0.3 is 10.2 Å². The number of nitrogens with zero attached hydrogens (tertiary/aromatic N) is 1. The van der Waals surface area contributed by atoms with Gasteiger partial charge in [-0.2, -0.15) is 0 Å². The first-order valence-electron chi connectivity index (χ1n) is 5.29. The minimum atomic E-state index is 0.0401. The maximum Gasteiger partial charge on any atom is 0.133 e. The number of nitrogens with one attached hydrogen (secondary N) is 1. The zero-order valence-corrected chi connectivity index (χ0v) is 12.4. The Morgan fingerprint density at radius 3 is 1.93 bits per heavy atom. The van der Waals surface area contributed by atoms with Crippen LogP contribution in [0.2, 0.25) is 0 Å². The van der Waals surface area contributed by atoms with E-state index in [2.05, 4.69) is 64.4 Å². The molecule has 0 fully saturated rings. The van der Waals surface area contributed by atoms with Crippen molar-refractivity contribution in [2.24, 2.45) is 0 Å². The summed E-state index contributed by atoms with van der Waals surface area (Å²) >= 11 is 9.40. The summed E-state index contributed by atoms with van der Waals surface area (Å²) in [5.74, 6) is 0. The van der Waals surface area contributed by atoms with E-state index < -0.39 is 0 Å². The van der Waals surface area contributed by atoms with Gasteiger partial charge >= 0.3 is 0 Å². The number of rotatable bonds is 3. The molecule has 0 saturated carbocycles. The van der Waals surface area contributed by atoms with Crippen molar-refractivity contribution in [2.75, 3.05) is 13.1 Å². The molecule has 1 N–H and O–H groups in total. The molecular formula is C11H24N2S2. The number of hydrogen-bond acceptors (Lipinski definition) is 2. The van der Waals surface area contributed by atoms with E-state index in [1.54, 1.807) is 0 Å². The molecule has 0 radical (unpaired) electrons. The standard InChI is InChI=1S/C11H24N2S2/c1-10(2,3)12-7-8-13(9(14)15)11(4,5)6/h12H,7-8H2,1-6H3,(H,14,15). The Morgan fingerprint density at radius 1 is 1.20 bits per heavy atom. The molecule has 0 unspecified atom stereocenters. The molecule has 0 aromatic rings. The molecule has 2 nitrogen and oxygen atoms in total. The van der Waals surface area contributed by atoms with E-state index in [1.165, 1.54) is 0 Å². The van der Waals surface area contributed by atoms with Gasteiger partial charge in [0.25, 0.3) is 0 Å². The smallest absolute Gasteiger partial charge is 0.133 e. The first-order chi connectivity index (χ1) is 6.54. The molecule has 0 aliphatic rings. The van der Waals surface area contributed by atoms with Crippen molar-refractivity contribution in [1.82, 2.24) is 10.2 Å². The van der Waals surface area contributed by atoms with Gasteiger partial charge in [-0.25, -0.2) is 0 Å². The van der Waals surface area contributed by atoms with Crippen LogP contribution in [0, 0.1) is 0 Å². The van der Waals surface area contributed by atoms with Crippen molar-refractivity contribution in [3.05, 3.63) is 0 Å². The van der Waals surface area contributed by atoms with Crippen LogP contribution in [0.25, 0.3) is 0 Å². The first kappa shape index (κ1) is 15.2. The minimum Gasteiger partial charge on any atom is -0.352 e. The van der Waals surface area contributed by atoms with E-state index in [9.17, 15) is 0 Å². The van der Waals surface area contributed by atoms with Crippen LogP contribution in [0.4, 0.5) is 0 Å². The lowest BCUT2D eigenvalue weighted by atomic mass is 10.1. The van der Waals surface area contributed by atoms with E-state index in [1.807, 2.05) is 0 Å². The molecule has 0 atom stereocenters. The van der Waals surface area contributed by atoms with Gasteiger partial charge in [-0.15, -0.1) is 12.6 Å². The first-order valence-corrected chi connectivity index (χ1v) is 6.15. The van der Waals surface area contributed by atoms with E-state index in [0.29, 0.717) is 4.32 Å². The molecule has 0 aromatic heterocycles. The summed E-state index contributed by atoms with van der Waals surface area (Å²) in [6.07, 6.45) is 0. The highest BCUT2D eigenvalue weighted by molar-refractivity contribution is 8.10. The van der Waals surface area contributed by atoms with Crippen LogP contribution in [-0.4, -0.2) is 33.4 Å². The molecule has 0 aliphatic carbocycles. The van der Waals surface area contributed by atoms with Crippen LogP contribution in [0.15, 0.2) is 0 Å². The van der Waals surface area contributed by atoms with E-state index >= 15 is 0 Å².